The summed E-state index contributed by atoms with van der Waals surface area (Å²) in [6.07, 6.45) is 0. The van der Waals surface area contributed by atoms with Gasteiger partial charge in [-0.25, -0.2) is 4.79 Å². The predicted molar refractivity (Wildman–Crippen MR) is 78.7 cm³/mol. The minimum atomic E-state index is -1.01. The van der Waals surface area contributed by atoms with E-state index in [1.54, 1.807) is 20.8 Å². The van der Waals surface area contributed by atoms with Crippen molar-refractivity contribution in [3.05, 3.63) is 30.3 Å². The van der Waals surface area contributed by atoms with Crippen LogP contribution in [0.4, 0.5) is 5.69 Å². The molecule has 0 radical (unpaired) electrons. The SMILES string of the molecule is CC(C)C(NC(=O)C(C)N(C)c1ccccc1)C(=O)O. The molecule has 0 saturated heterocycles. The van der Waals surface area contributed by atoms with E-state index < -0.39 is 18.1 Å². The standard InChI is InChI=1S/C15H22N2O3/c1-10(2)13(15(19)20)16-14(18)11(3)17(4)12-8-6-5-7-9-12/h5-11,13H,1-4H3,(H,16,18)(H,19,20). The van der Waals surface area contributed by atoms with Crippen molar-refractivity contribution in [2.45, 2.75) is 32.9 Å². The number of benzene rings is 1. The number of hydrogen-bond acceptors (Lipinski definition) is 3. The van der Waals surface area contributed by atoms with E-state index in [9.17, 15) is 9.59 Å². The van der Waals surface area contributed by atoms with E-state index in [1.165, 1.54) is 0 Å². The Morgan fingerprint density at radius 3 is 2.15 bits per heavy atom. The summed E-state index contributed by atoms with van der Waals surface area (Å²) in [5, 5.41) is 11.7. The number of carbonyl (C=O) groups is 2. The average Bonchev–Trinajstić information content (AvgIpc) is 2.43. The van der Waals surface area contributed by atoms with Gasteiger partial charge in [0.1, 0.15) is 12.1 Å². The monoisotopic (exact) mass is 278 g/mol. The molecule has 110 valence electrons. The maximum Gasteiger partial charge on any atom is 0.326 e. The van der Waals surface area contributed by atoms with Crippen LogP contribution in [0.1, 0.15) is 20.8 Å². The molecule has 0 spiro atoms. The highest BCUT2D eigenvalue weighted by Gasteiger charge is 2.27. The molecule has 0 heterocycles. The first-order chi connectivity index (χ1) is 9.34. The Morgan fingerprint density at radius 2 is 1.70 bits per heavy atom. The summed E-state index contributed by atoms with van der Waals surface area (Å²) in [6.45, 7) is 5.29. The number of rotatable bonds is 6. The van der Waals surface area contributed by atoms with E-state index in [4.69, 9.17) is 5.11 Å². The van der Waals surface area contributed by atoms with Crippen LogP contribution in [-0.2, 0) is 9.59 Å². The Kier molecular flexibility index (Phi) is 5.55. The molecule has 0 aliphatic rings. The number of carbonyl (C=O) groups excluding carboxylic acids is 1. The number of hydrogen-bond donors (Lipinski definition) is 2. The predicted octanol–water partition coefficient (Wildman–Crippen LogP) is 1.74. The number of amides is 1. The normalized spacial score (nSPS) is 13.7. The van der Waals surface area contributed by atoms with E-state index >= 15 is 0 Å². The fourth-order valence-corrected chi connectivity index (χ4v) is 1.85. The third-order valence-corrected chi connectivity index (χ3v) is 3.35. The summed E-state index contributed by atoms with van der Waals surface area (Å²) in [5.41, 5.74) is 0.909. The lowest BCUT2D eigenvalue weighted by molar-refractivity contribution is -0.143. The summed E-state index contributed by atoms with van der Waals surface area (Å²) in [4.78, 5) is 25.1. The molecule has 2 atom stereocenters. The van der Waals surface area contributed by atoms with Crippen LogP contribution in [0.25, 0.3) is 0 Å². The van der Waals surface area contributed by atoms with Crippen molar-refractivity contribution in [3.8, 4) is 0 Å². The average molecular weight is 278 g/mol. The van der Waals surface area contributed by atoms with Crippen LogP contribution >= 0.6 is 0 Å². The summed E-state index contributed by atoms with van der Waals surface area (Å²) in [7, 11) is 1.81. The van der Waals surface area contributed by atoms with Crippen molar-refractivity contribution in [1.82, 2.24) is 5.32 Å². The molecule has 2 N–H and O–H groups in total. The Bertz CT molecular complexity index is 459. The molecule has 2 unspecified atom stereocenters. The molecule has 0 aromatic heterocycles. The maximum atomic E-state index is 12.2. The van der Waals surface area contributed by atoms with Crippen molar-refractivity contribution in [3.63, 3.8) is 0 Å². The topological polar surface area (TPSA) is 69.6 Å². The van der Waals surface area contributed by atoms with Crippen LogP contribution in [-0.4, -0.2) is 36.1 Å². The lowest BCUT2D eigenvalue weighted by atomic mass is 10.0. The van der Waals surface area contributed by atoms with Crippen LogP contribution in [0.15, 0.2) is 30.3 Å². The number of nitrogens with zero attached hydrogens (tertiary/aromatic N) is 1. The zero-order valence-corrected chi connectivity index (χ0v) is 12.3. The zero-order chi connectivity index (χ0) is 15.3. The van der Waals surface area contributed by atoms with Gasteiger partial charge >= 0.3 is 5.97 Å². The second-order valence-corrected chi connectivity index (χ2v) is 5.19. The number of anilines is 1. The first kappa shape index (κ1) is 16.0. The van der Waals surface area contributed by atoms with Gasteiger partial charge in [0.05, 0.1) is 0 Å². The Labute approximate surface area is 119 Å². The van der Waals surface area contributed by atoms with Gasteiger partial charge < -0.3 is 15.3 Å². The van der Waals surface area contributed by atoms with Gasteiger partial charge in [-0.3, -0.25) is 4.79 Å². The highest BCUT2D eigenvalue weighted by atomic mass is 16.4. The lowest BCUT2D eigenvalue weighted by Gasteiger charge is -2.28. The maximum absolute atomic E-state index is 12.2. The first-order valence-electron chi connectivity index (χ1n) is 6.65. The number of aliphatic carboxylic acids is 1. The third-order valence-electron chi connectivity index (χ3n) is 3.35. The molecular formula is C15H22N2O3. The van der Waals surface area contributed by atoms with Gasteiger partial charge in [0.25, 0.3) is 0 Å². The lowest BCUT2D eigenvalue weighted by Crippen LogP contribution is -2.51. The van der Waals surface area contributed by atoms with Crippen molar-refractivity contribution in [2.24, 2.45) is 5.92 Å². The zero-order valence-electron chi connectivity index (χ0n) is 12.3. The highest BCUT2D eigenvalue weighted by molar-refractivity contribution is 5.88. The Hall–Kier alpha value is -2.04. The number of nitrogens with one attached hydrogen (secondary N) is 1. The quantitative estimate of drug-likeness (QED) is 0.831. The molecule has 0 fully saturated rings. The second-order valence-electron chi connectivity index (χ2n) is 5.19. The summed E-state index contributed by atoms with van der Waals surface area (Å²) in [6, 6.07) is 8.19. The van der Waals surface area contributed by atoms with Gasteiger partial charge in [-0.05, 0) is 25.0 Å². The number of carboxylic acid groups (broad SMARTS) is 1. The van der Waals surface area contributed by atoms with E-state index in [0.29, 0.717) is 0 Å². The Balaban J connectivity index is 2.74. The van der Waals surface area contributed by atoms with Crippen LogP contribution < -0.4 is 10.2 Å². The molecular weight excluding hydrogens is 256 g/mol. The summed E-state index contributed by atoms with van der Waals surface area (Å²) >= 11 is 0. The van der Waals surface area contributed by atoms with Gasteiger partial charge in [-0.15, -0.1) is 0 Å². The van der Waals surface area contributed by atoms with Gasteiger partial charge in [-0.1, -0.05) is 32.0 Å². The number of likely N-dealkylation sites (N-methyl/N-ethyl adjacent to an activating group) is 1. The molecule has 1 rings (SSSR count). The fourth-order valence-electron chi connectivity index (χ4n) is 1.85. The second kappa shape index (κ2) is 6.93. The number of para-hydroxylation sites is 1. The van der Waals surface area contributed by atoms with Crippen molar-refractivity contribution in [2.75, 3.05) is 11.9 Å². The van der Waals surface area contributed by atoms with Crippen molar-refractivity contribution < 1.29 is 14.7 Å². The van der Waals surface area contributed by atoms with Gasteiger partial charge in [0.2, 0.25) is 5.91 Å². The van der Waals surface area contributed by atoms with Gasteiger partial charge in [0.15, 0.2) is 0 Å². The highest BCUT2D eigenvalue weighted by Crippen LogP contribution is 2.14. The molecule has 1 aromatic carbocycles. The molecule has 1 aromatic rings. The molecule has 5 heteroatoms. The molecule has 0 bridgehead atoms. The van der Waals surface area contributed by atoms with Gasteiger partial charge in [0, 0.05) is 12.7 Å². The molecule has 1 amide bonds. The molecule has 0 aliphatic heterocycles. The molecule has 5 nitrogen and oxygen atoms in total. The minimum Gasteiger partial charge on any atom is -0.480 e. The molecule has 0 saturated carbocycles. The third kappa shape index (κ3) is 3.98. The smallest absolute Gasteiger partial charge is 0.326 e. The summed E-state index contributed by atoms with van der Waals surface area (Å²) < 4.78 is 0. The first-order valence-corrected chi connectivity index (χ1v) is 6.65. The van der Waals surface area contributed by atoms with E-state index in [1.807, 2.05) is 42.3 Å². The van der Waals surface area contributed by atoms with Crippen LogP contribution in [0.5, 0.6) is 0 Å². The molecule has 20 heavy (non-hydrogen) atoms. The van der Waals surface area contributed by atoms with Gasteiger partial charge in [-0.2, -0.15) is 0 Å². The summed E-state index contributed by atoms with van der Waals surface area (Å²) in [5.74, 6) is -1.47. The van der Waals surface area contributed by atoms with E-state index in [-0.39, 0.29) is 11.8 Å². The molecule has 0 aliphatic carbocycles. The minimum absolute atomic E-state index is 0.161. The largest absolute Gasteiger partial charge is 0.480 e. The van der Waals surface area contributed by atoms with Crippen LogP contribution in [0.2, 0.25) is 0 Å². The van der Waals surface area contributed by atoms with E-state index in [2.05, 4.69) is 5.32 Å². The number of carboxylic acids is 1. The Morgan fingerprint density at radius 1 is 1.15 bits per heavy atom. The van der Waals surface area contributed by atoms with Crippen molar-refractivity contribution in [1.29, 1.82) is 0 Å². The van der Waals surface area contributed by atoms with E-state index in [0.717, 1.165) is 5.69 Å². The van der Waals surface area contributed by atoms with Crippen LogP contribution in [0, 0.1) is 5.92 Å². The van der Waals surface area contributed by atoms with Crippen LogP contribution in [0.3, 0.4) is 0 Å². The fraction of sp³-hybridized carbons (Fsp3) is 0.467. The van der Waals surface area contributed by atoms with Crippen molar-refractivity contribution >= 4 is 17.6 Å².